The summed E-state index contributed by atoms with van der Waals surface area (Å²) in [5.74, 6) is 0.657. The lowest BCUT2D eigenvalue weighted by atomic mass is 10.1. The van der Waals surface area contributed by atoms with Crippen molar-refractivity contribution in [3.05, 3.63) is 54.1 Å². The van der Waals surface area contributed by atoms with E-state index in [4.69, 9.17) is 10.5 Å². The number of ether oxygens (including phenoxy) is 1. The van der Waals surface area contributed by atoms with Crippen molar-refractivity contribution in [1.29, 1.82) is 0 Å². The zero-order chi connectivity index (χ0) is 22.0. The Balaban J connectivity index is 1.51. The van der Waals surface area contributed by atoms with E-state index in [9.17, 15) is 4.79 Å². The lowest BCUT2D eigenvalue weighted by Gasteiger charge is -2.21. The number of hydrogen-bond donors (Lipinski definition) is 2. The van der Waals surface area contributed by atoms with E-state index in [0.29, 0.717) is 11.3 Å². The molecule has 3 aromatic rings. The molecule has 0 amide bonds. The van der Waals surface area contributed by atoms with E-state index in [2.05, 4.69) is 32.4 Å². The minimum atomic E-state index is -0.331. The molecular formula is C23H28N6O2. The second-order valence-electron chi connectivity index (χ2n) is 8.62. The van der Waals surface area contributed by atoms with Crippen molar-refractivity contribution in [3.8, 4) is 5.75 Å². The van der Waals surface area contributed by atoms with Gasteiger partial charge in [0.15, 0.2) is 0 Å². The van der Waals surface area contributed by atoms with E-state index in [1.807, 2.05) is 32.9 Å². The van der Waals surface area contributed by atoms with Gasteiger partial charge in [-0.15, -0.1) is 5.10 Å². The Bertz CT molecular complexity index is 1050. The van der Waals surface area contributed by atoms with Gasteiger partial charge in [-0.3, -0.25) is 4.79 Å². The monoisotopic (exact) mass is 420 g/mol. The first kappa shape index (κ1) is 20.7. The van der Waals surface area contributed by atoms with Crippen molar-refractivity contribution in [1.82, 2.24) is 14.8 Å². The molecule has 0 saturated carbocycles. The van der Waals surface area contributed by atoms with Gasteiger partial charge in [0.05, 0.1) is 0 Å². The van der Waals surface area contributed by atoms with Gasteiger partial charge < -0.3 is 20.7 Å². The van der Waals surface area contributed by atoms with E-state index >= 15 is 0 Å². The Kier molecular flexibility index (Phi) is 5.54. The molecule has 31 heavy (non-hydrogen) atoms. The van der Waals surface area contributed by atoms with Gasteiger partial charge in [-0.05, 0) is 82.1 Å². The highest BCUT2D eigenvalue weighted by Crippen LogP contribution is 2.24. The maximum absolute atomic E-state index is 13.0. The number of anilines is 4. The number of carbonyl (C=O) groups excluding carboxylic acids is 1. The average Bonchev–Trinajstić information content (AvgIpc) is 3.37. The van der Waals surface area contributed by atoms with Crippen LogP contribution in [0.3, 0.4) is 0 Å². The van der Waals surface area contributed by atoms with Crippen LogP contribution in [0.2, 0.25) is 0 Å². The molecule has 2 aromatic carbocycles. The molecule has 0 radical (unpaired) electrons. The molecule has 162 valence electrons. The fourth-order valence-electron chi connectivity index (χ4n) is 3.55. The molecule has 0 unspecified atom stereocenters. The predicted octanol–water partition coefficient (Wildman–Crippen LogP) is 4.07. The van der Waals surface area contributed by atoms with Gasteiger partial charge in [0.1, 0.15) is 11.4 Å². The van der Waals surface area contributed by atoms with E-state index in [1.54, 1.807) is 24.3 Å². The molecule has 0 spiro atoms. The second-order valence-corrected chi connectivity index (χ2v) is 8.62. The molecule has 0 aliphatic carbocycles. The lowest BCUT2D eigenvalue weighted by molar-refractivity contribution is 0.0947. The van der Waals surface area contributed by atoms with Crippen LogP contribution in [0, 0.1) is 0 Å². The van der Waals surface area contributed by atoms with Gasteiger partial charge in [-0.1, -0.05) is 0 Å². The van der Waals surface area contributed by atoms with Crippen LogP contribution in [0.15, 0.2) is 48.5 Å². The SMILES string of the molecule is CC(C)(C)Oc1ccc(C(=O)n2nc(N)nc2Nc2ccc(N3CCCC3)cc2)cc1. The van der Waals surface area contributed by atoms with Crippen LogP contribution in [-0.2, 0) is 0 Å². The Morgan fingerprint density at radius 3 is 2.29 bits per heavy atom. The number of carbonyl (C=O) groups is 1. The van der Waals surface area contributed by atoms with Crippen molar-refractivity contribution < 1.29 is 9.53 Å². The molecule has 8 heteroatoms. The van der Waals surface area contributed by atoms with E-state index < -0.39 is 0 Å². The Labute approximate surface area is 182 Å². The van der Waals surface area contributed by atoms with Gasteiger partial charge in [0, 0.05) is 30.0 Å². The third-order valence-electron chi connectivity index (χ3n) is 4.94. The lowest BCUT2D eigenvalue weighted by Crippen LogP contribution is -2.23. The van der Waals surface area contributed by atoms with Crippen molar-refractivity contribution in [2.75, 3.05) is 29.0 Å². The molecule has 1 aliphatic rings. The van der Waals surface area contributed by atoms with Gasteiger partial charge in [-0.2, -0.15) is 9.67 Å². The molecule has 0 bridgehead atoms. The van der Waals surface area contributed by atoms with E-state index in [-0.39, 0.29) is 23.4 Å². The molecule has 1 saturated heterocycles. The summed E-state index contributed by atoms with van der Waals surface area (Å²) in [5.41, 5.74) is 7.93. The van der Waals surface area contributed by atoms with Crippen molar-refractivity contribution in [2.24, 2.45) is 0 Å². The summed E-state index contributed by atoms with van der Waals surface area (Å²) in [6.45, 7) is 8.09. The standard InChI is InChI=1S/C23H28N6O2/c1-23(2,3)31-19-12-6-16(7-13-19)20(30)29-22(26-21(24)27-29)25-17-8-10-18(11-9-17)28-14-4-5-15-28/h6-13H,4-5,14-15H2,1-3H3,(H3,24,25,26,27). The van der Waals surface area contributed by atoms with Gasteiger partial charge in [0.25, 0.3) is 5.91 Å². The average molecular weight is 421 g/mol. The van der Waals surface area contributed by atoms with Crippen molar-refractivity contribution >= 4 is 29.2 Å². The zero-order valence-electron chi connectivity index (χ0n) is 18.1. The number of nitrogen functional groups attached to an aromatic ring is 1. The van der Waals surface area contributed by atoms with Crippen LogP contribution in [0.1, 0.15) is 44.0 Å². The Morgan fingerprint density at radius 2 is 1.68 bits per heavy atom. The first-order valence-electron chi connectivity index (χ1n) is 10.5. The number of rotatable bonds is 5. The van der Waals surface area contributed by atoms with Crippen LogP contribution in [0.25, 0.3) is 0 Å². The van der Waals surface area contributed by atoms with Crippen LogP contribution < -0.4 is 20.7 Å². The Morgan fingerprint density at radius 1 is 1.03 bits per heavy atom. The maximum atomic E-state index is 13.0. The molecule has 4 rings (SSSR count). The third-order valence-corrected chi connectivity index (χ3v) is 4.94. The molecule has 1 fully saturated rings. The Hall–Kier alpha value is -3.55. The quantitative estimate of drug-likeness (QED) is 0.642. The molecule has 0 atom stereocenters. The predicted molar refractivity (Wildman–Crippen MR) is 122 cm³/mol. The summed E-state index contributed by atoms with van der Waals surface area (Å²) < 4.78 is 7.00. The molecular weight excluding hydrogens is 392 g/mol. The molecule has 8 nitrogen and oxygen atoms in total. The van der Waals surface area contributed by atoms with Crippen molar-refractivity contribution in [2.45, 2.75) is 39.2 Å². The van der Waals surface area contributed by atoms with Crippen LogP contribution in [0.4, 0.5) is 23.3 Å². The highest BCUT2D eigenvalue weighted by molar-refractivity contribution is 5.97. The summed E-state index contributed by atoms with van der Waals surface area (Å²) in [6, 6.07) is 15.0. The van der Waals surface area contributed by atoms with E-state index in [1.165, 1.54) is 23.2 Å². The minimum Gasteiger partial charge on any atom is -0.488 e. The van der Waals surface area contributed by atoms with E-state index in [0.717, 1.165) is 18.8 Å². The van der Waals surface area contributed by atoms with Crippen LogP contribution in [0.5, 0.6) is 5.75 Å². The van der Waals surface area contributed by atoms with Gasteiger partial charge in [0.2, 0.25) is 11.9 Å². The summed E-state index contributed by atoms with van der Waals surface area (Å²) >= 11 is 0. The minimum absolute atomic E-state index is 0.0252. The normalized spacial score (nSPS) is 14.0. The summed E-state index contributed by atoms with van der Waals surface area (Å²) in [7, 11) is 0. The zero-order valence-corrected chi connectivity index (χ0v) is 18.1. The number of hydrogen-bond acceptors (Lipinski definition) is 7. The number of aromatic nitrogens is 3. The number of nitrogens with zero attached hydrogens (tertiary/aromatic N) is 4. The highest BCUT2D eigenvalue weighted by Gasteiger charge is 2.19. The molecule has 3 N–H and O–H groups in total. The van der Waals surface area contributed by atoms with Crippen molar-refractivity contribution in [3.63, 3.8) is 0 Å². The third kappa shape index (κ3) is 4.96. The van der Waals surface area contributed by atoms with Gasteiger partial charge >= 0.3 is 0 Å². The molecule has 1 aromatic heterocycles. The number of nitrogens with two attached hydrogens (primary N) is 1. The molecule has 1 aliphatic heterocycles. The smallest absolute Gasteiger partial charge is 0.281 e. The highest BCUT2D eigenvalue weighted by atomic mass is 16.5. The number of benzene rings is 2. The second kappa shape index (κ2) is 8.29. The first-order chi connectivity index (χ1) is 14.8. The van der Waals surface area contributed by atoms with Crippen LogP contribution >= 0.6 is 0 Å². The maximum Gasteiger partial charge on any atom is 0.281 e. The topological polar surface area (TPSA) is 98.3 Å². The van der Waals surface area contributed by atoms with Gasteiger partial charge in [-0.25, -0.2) is 0 Å². The molecule has 2 heterocycles. The summed E-state index contributed by atoms with van der Waals surface area (Å²) in [5, 5.41) is 7.23. The fourth-order valence-corrected chi connectivity index (χ4v) is 3.55. The first-order valence-corrected chi connectivity index (χ1v) is 10.5. The largest absolute Gasteiger partial charge is 0.488 e. The summed E-state index contributed by atoms with van der Waals surface area (Å²) in [4.78, 5) is 19.6. The number of nitrogens with one attached hydrogen (secondary N) is 1. The fraction of sp³-hybridized carbons (Fsp3) is 0.348. The summed E-state index contributed by atoms with van der Waals surface area (Å²) in [6.07, 6.45) is 2.46. The van der Waals surface area contributed by atoms with Crippen LogP contribution in [-0.4, -0.2) is 39.4 Å².